The summed E-state index contributed by atoms with van der Waals surface area (Å²) >= 11 is 0. The van der Waals surface area contributed by atoms with Crippen molar-refractivity contribution in [2.75, 3.05) is 58.5 Å². The minimum absolute atomic E-state index is 0.739. The van der Waals surface area contributed by atoms with Gasteiger partial charge < -0.3 is 19.1 Å². The SMILES string of the molecule is COc1ccc(OCCCN2CCN(c3cccc(OC)c3)CC2)cc1. The van der Waals surface area contributed by atoms with Crippen molar-refractivity contribution in [2.45, 2.75) is 6.42 Å². The Balaban J connectivity index is 1.36. The Morgan fingerprint density at radius 3 is 2.19 bits per heavy atom. The number of nitrogens with zero attached hydrogens (tertiary/aromatic N) is 2. The summed E-state index contributed by atoms with van der Waals surface area (Å²) in [5.74, 6) is 2.67. The second kappa shape index (κ2) is 9.34. The van der Waals surface area contributed by atoms with Gasteiger partial charge >= 0.3 is 0 Å². The molecule has 1 aliphatic rings. The molecule has 3 rings (SSSR count). The molecule has 5 nitrogen and oxygen atoms in total. The van der Waals surface area contributed by atoms with Gasteiger partial charge in [-0.2, -0.15) is 0 Å². The van der Waals surface area contributed by atoms with Crippen LogP contribution in [-0.4, -0.2) is 58.5 Å². The second-order valence-electron chi connectivity index (χ2n) is 6.41. The molecular formula is C21H28N2O3. The lowest BCUT2D eigenvalue weighted by atomic mass is 10.2. The number of hydrogen-bond acceptors (Lipinski definition) is 5. The number of piperazine rings is 1. The maximum Gasteiger partial charge on any atom is 0.120 e. The van der Waals surface area contributed by atoms with E-state index in [4.69, 9.17) is 14.2 Å². The fourth-order valence-electron chi connectivity index (χ4n) is 3.19. The lowest BCUT2D eigenvalue weighted by Gasteiger charge is -2.36. The van der Waals surface area contributed by atoms with Crippen molar-refractivity contribution in [3.63, 3.8) is 0 Å². The summed E-state index contributed by atoms with van der Waals surface area (Å²) in [4.78, 5) is 4.93. The lowest BCUT2D eigenvalue weighted by molar-refractivity contribution is 0.224. The molecule has 1 saturated heterocycles. The summed E-state index contributed by atoms with van der Waals surface area (Å²) in [5, 5.41) is 0. The van der Waals surface area contributed by atoms with Gasteiger partial charge in [0.25, 0.3) is 0 Å². The molecule has 0 N–H and O–H groups in total. The van der Waals surface area contributed by atoms with E-state index < -0.39 is 0 Å². The van der Waals surface area contributed by atoms with Gasteiger partial charge in [0.15, 0.2) is 0 Å². The van der Waals surface area contributed by atoms with Crippen LogP contribution in [0.4, 0.5) is 5.69 Å². The van der Waals surface area contributed by atoms with Crippen molar-refractivity contribution in [3.8, 4) is 17.2 Å². The van der Waals surface area contributed by atoms with Gasteiger partial charge in [0.05, 0.1) is 20.8 Å². The smallest absolute Gasteiger partial charge is 0.120 e. The molecule has 2 aromatic rings. The Hall–Kier alpha value is -2.40. The van der Waals surface area contributed by atoms with Gasteiger partial charge in [-0.15, -0.1) is 0 Å². The molecular weight excluding hydrogens is 328 g/mol. The van der Waals surface area contributed by atoms with Crippen molar-refractivity contribution in [2.24, 2.45) is 0 Å². The Kier molecular flexibility index (Phi) is 6.61. The van der Waals surface area contributed by atoms with Gasteiger partial charge in [0.1, 0.15) is 17.2 Å². The maximum atomic E-state index is 5.81. The van der Waals surface area contributed by atoms with E-state index >= 15 is 0 Å². The van der Waals surface area contributed by atoms with Crippen LogP contribution in [-0.2, 0) is 0 Å². The van der Waals surface area contributed by atoms with Gasteiger partial charge in [-0.1, -0.05) is 6.07 Å². The highest BCUT2D eigenvalue weighted by atomic mass is 16.5. The molecule has 26 heavy (non-hydrogen) atoms. The lowest BCUT2D eigenvalue weighted by Crippen LogP contribution is -2.46. The van der Waals surface area contributed by atoms with Gasteiger partial charge in [-0.25, -0.2) is 0 Å². The number of benzene rings is 2. The van der Waals surface area contributed by atoms with E-state index in [2.05, 4.69) is 28.0 Å². The fraction of sp³-hybridized carbons (Fsp3) is 0.429. The minimum Gasteiger partial charge on any atom is -0.497 e. The number of anilines is 1. The van der Waals surface area contributed by atoms with Crippen LogP contribution in [0.3, 0.4) is 0 Å². The molecule has 2 aromatic carbocycles. The number of ether oxygens (including phenoxy) is 3. The predicted octanol–water partition coefficient (Wildman–Crippen LogP) is 3.29. The molecule has 0 bridgehead atoms. The van der Waals surface area contributed by atoms with Crippen molar-refractivity contribution in [1.82, 2.24) is 4.90 Å². The summed E-state index contributed by atoms with van der Waals surface area (Å²) < 4.78 is 16.3. The van der Waals surface area contributed by atoms with Crippen LogP contribution in [0.25, 0.3) is 0 Å². The first-order valence-electron chi connectivity index (χ1n) is 9.17. The highest BCUT2D eigenvalue weighted by Crippen LogP contribution is 2.22. The number of rotatable bonds is 8. The summed E-state index contributed by atoms with van der Waals surface area (Å²) in [7, 11) is 3.38. The Bertz CT molecular complexity index is 667. The summed E-state index contributed by atoms with van der Waals surface area (Å²) in [5.41, 5.74) is 1.24. The normalized spacial score (nSPS) is 14.9. The molecule has 0 aliphatic carbocycles. The van der Waals surface area contributed by atoms with Crippen molar-refractivity contribution in [1.29, 1.82) is 0 Å². The minimum atomic E-state index is 0.739. The summed E-state index contributed by atoms with van der Waals surface area (Å²) in [6.07, 6.45) is 1.03. The van der Waals surface area contributed by atoms with Crippen LogP contribution < -0.4 is 19.1 Å². The average Bonchev–Trinajstić information content (AvgIpc) is 2.72. The van der Waals surface area contributed by atoms with E-state index in [1.54, 1.807) is 14.2 Å². The first-order chi connectivity index (χ1) is 12.8. The first kappa shape index (κ1) is 18.4. The van der Waals surface area contributed by atoms with Crippen LogP contribution in [0, 0.1) is 0 Å². The highest BCUT2D eigenvalue weighted by Gasteiger charge is 2.17. The van der Waals surface area contributed by atoms with Crippen molar-refractivity contribution >= 4 is 5.69 Å². The first-order valence-corrected chi connectivity index (χ1v) is 9.17. The van der Waals surface area contributed by atoms with Crippen LogP contribution in [0.5, 0.6) is 17.2 Å². The predicted molar refractivity (Wildman–Crippen MR) is 105 cm³/mol. The van der Waals surface area contributed by atoms with E-state index in [9.17, 15) is 0 Å². The van der Waals surface area contributed by atoms with Crippen LogP contribution >= 0.6 is 0 Å². The molecule has 0 aromatic heterocycles. The molecule has 140 valence electrons. The third kappa shape index (κ3) is 5.05. The monoisotopic (exact) mass is 356 g/mol. The zero-order valence-electron chi connectivity index (χ0n) is 15.7. The van der Waals surface area contributed by atoms with E-state index in [0.29, 0.717) is 0 Å². The Morgan fingerprint density at radius 2 is 1.50 bits per heavy atom. The summed E-state index contributed by atoms with van der Waals surface area (Å²) in [6, 6.07) is 16.1. The van der Waals surface area contributed by atoms with E-state index in [0.717, 1.165) is 63.0 Å². The maximum absolute atomic E-state index is 5.81. The molecule has 0 atom stereocenters. The zero-order chi connectivity index (χ0) is 18.2. The zero-order valence-corrected chi connectivity index (χ0v) is 15.7. The van der Waals surface area contributed by atoms with Gasteiger partial charge in [-0.3, -0.25) is 4.90 Å². The van der Waals surface area contributed by atoms with Crippen LogP contribution in [0.1, 0.15) is 6.42 Å². The van der Waals surface area contributed by atoms with Gasteiger partial charge in [0, 0.05) is 44.5 Å². The van der Waals surface area contributed by atoms with Gasteiger partial charge in [0.2, 0.25) is 0 Å². The van der Waals surface area contributed by atoms with Crippen LogP contribution in [0.15, 0.2) is 48.5 Å². The highest BCUT2D eigenvalue weighted by molar-refractivity contribution is 5.51. The second-order valence-corrected chi connectivity index (χ2v) is 6.41. The molecule has 5 heteroatoms. The fourth-order valence-corrected chi connectivity index (χ4v) is 3.19. The van der Waals surface area contributed by atoms with E-state index in [1.165, 1.54) is 5.69 Å². The molecule has 0 unspecified atom stereocenters. The quantitative estimate of drug-likeness (QED) is 0.678. The molecule has 1 heterocycles. The van der Waals surface area contributed by atoms with Crippen molar-refractivity contribution in [3.05, 3.63) is 48.5 Å². The Morgan fingerprint density at radius 1 is 0.808 bits per heavy atom. The van der Waals surface area contributed by atoms with Crippen LogP contribution in [0.2, 0.25) is 0 Å². The third-order valence-corrected chi connectivity index (χ3v) is 4.74. The van der Waals surface area contributed by atoms with E-state index in [1.807, 2.05) is 30.3 Å². The van der Waals surface area contributed by atoms with E-state index in [-0.39, 0.29) is 0 Å². The van der Waals surface area contributed by atoms with Gasteiger partial charge in [-0.05, 0) is 42.8 Å². The number of methoxy groups -OCH3 is 2. The molecule has 0 spiro atoms. The molecule has 1 aliphatic heterocycles. The molecule has 0 amide bonds. The number of hydrogen-bond donors (Lipinski definition) is 0. The topological polar surface area (TPSA) is 34.2 Å². The largest absolute Gasteiger partial charge is 0.497 e. The van der Waals surface area contributed by atoms with Crippen molar-refractivity contribution < 1.29 is 14.2 Å². The summed E-state index contributed by atoms with van der Waals surface area (Å²) in [6.45, 7) is 6.07. The molecule has 1 fully saturated rings. The molecule has 0 saturated carbocycles. The Labute approximate surface area is 156 Å². The standard InChI is InChI=1S/C21H28N2O3/c1-24-19-7-9-20(10-8-19)26-16-4-11-22-12-14-23(15-13-22)18-5-3-6-21(17-18)25-2/h3,5-10,17H,4,11-16H2,1-2H3. The third-order valence-electron chi connectivity index (χ3n) is 4.74. The average molecular weight is 356 g/mol. The molecule has 0 radical (unpaired) electrons.